The average molecular weight is 485 g/mol. The lowest BCUT2D eigenvalue weighted by Crippen LogP contribution is -2.49. The van der Waals surface area contributed by atoms with Crippen LogP contribution in [0, 0.1) is 3.57 Å². The molecule has 0 unspecified atom stereocenters. The van der Waals surface area contributed by atoms with Gasteiger partial charge in [0.05, 0.1) is 16.4 Å². The number of rotatable bonds is 4. The molecule has 0 saturated heterocycles. The Hall–Kier alpha value is -0.900. The maximum atomic E-state index is 13.4. The van der Waals surface area contributed by atoms with E-state index in [0.29, 0.717) is 11.1 Å². The predicted molar refractivity (Wildman–Crippen MR) is 100 cm³/mol. The van der Waals surface area contributed by atoms with Crippen molar-refractivity contribution in [2.45, 2.75) is 31.5 Å². The Morgan fingerprint density at radius 3 is 2.24 bits per heavy atom. The van der Waals surface area contributed by atoms with Gasteiger partial charge in [-0.1, -0.05) is 37.6 Å². The number of pyridine rings is 1. The molecule has 2 aromatic rings. The van der Waals surface area contributed by atoms with Gasteiger partial charge in [0.25, 0.3) is 0 Å². The van der Waals surface area contributed by atoms with E-state index in [-0.39, 0.29) is 16.6 Å². The highest BCUT2D eigenvalue weighted by atomic mass is 127. The molecule has 0 aliphatic rings. The van der Waals surface area contributed by atoms with Gasteiger partial charge in [-0.05, 0) is 52.3 Å². The Morgan fingerprint density at radius 1 is 1.24 bits per heavy atom. The minimum Gasteiger partial charge on any atom is -0.374 e. The number of aliphatic hydroxyl groups is 1. The summed E-state index contributed by atoms with van der Waals surface area (Å²) in [5.41, 5.74) is 2.69. The summed E-state index contributed by atoms with van der Waals surface area (Å²) < 4.78 is 41.2. The van der Waals surface area contributed by atoms with Crippen molar-refractivity contribution in [2.24, 2.45) is 5.73 Å². The van der Waals surface area contributed by atoms with Gasteiger partial charge in [0.2, 0.25) is 5.60 Å². The van der Waals surface area contributed by atoms with Gasteiger partial charge in [-0.2, -0.15) is 13.2 Å². The first-order chi connectivity index (χ1) is 11.5. The summed E-state index contributed by atoms with van der Waals surface area (Å²) in [6.45, 7) is 2.57. The zero-order valence-electron chi connectivity index (χ0n) is 13.5. The fraction of sp³-hybridized carbons (Fsp3) is 0.353. The molecular formula is C17H17ClF3IN2O. The average Bonchev–Trinajstić information content (AvgIpc) is 2.53. The smallest absolute Gasteiger partial charge is 0.374 e. The highest BCUT2D eigenvalue weighted by Gasteiger charge is 2.55. The van der Waals surface area contributed by atoms with Crippen LogP contribution < -0.4 is 5.73 Å². The van der Waals surface area contributed by atoms with Crippen molar-refractivity contribution >= 4 is 34.2 Å². The van der Waals surface area contributed by atoms with E-state index >= 15 is 0 Å². The van der Waals surface area contributed by atoms with E-state index in [1.807, 2.05) is 0 Å². The van der Waals surface area contributed by atoms with E-state index in [1.54, 1.807) is 38.1 Å². The molecule has 3 nitrogen and oxygen atoms in total. The lowest BCUT2D eigenvalue weighted by atomic mass is 9.92. The number of aromatic nitrogens is 1. The second-order valence-corrected chi connectivity index (χ2v) is 7.61. The highest BCUT2D eigenvalue weighted by Crippen LogP contribution is 2.41. The summed E-state index contributed by atoms with van der Waals surface area (Å²) in [4.78, 5) is 4.04. The molecule has 0 aliphatic heterocycles. The van der Waals surface area contributed by atoms with Crippen LogP contribution in [-0.2, 0) is 5.60 Å². The van der Waals surface area contributed by atoms with Crippen molar-refractivity contribution in [2.75, 3.05) is 6.54 Å². The Bertz CT molecular complexity index is 766. The second-order valence-electron chi connectivity index (χ2n) is 5.98. The predicted octanol–water partition coefficient (Wildman–Crippen LogP) is 4.84. The molecular weight excluding hydrogens is 468 g/mol. The summed E-state index contributed by atoms with van der Waals surface area (Å²) in [7, 11) is 0. The third-order valence-electron chi connectivity index (χ3n) is 3.91. The summed E-state index contributed by atoms with van der Waals surface area (Å²) in [5.74, 6) is -0.160. The first-order valence-electron chi connectivity index (χ1n) is 7.47. The molecule has 0 saturated carbocycles. The first kappa shape index (κ1) is 20.4. The van der Waals surface area contributed by atoms with Crippen LogP contribution in [0.25, 0.3) is 11.3 Å². The van der Waals surface area contributed by atoms with Gasteiger partial charge in [-0.15, -0.1) is 0 Å². The molecule has 1 aromatic carbocycles. The third-order valence-corrected chi connectivity index (χ3v) is 5.03. The van der Waals surface area contributed by atoms with E-state index in [0.717, 1.165) is 3.57 Å². The zero-order chi connectivity index (χ0) is 19.0. The Balaban J connectivity index is 2.77. The monoisotopic (exact) mass is 484 g/mol. The molecule has 25 heavy (non-hydrogen) atoms. The van der Waals surface area contributed by atoms with Gasteiger partial charge in [0.1, 0.15) is 0 Å². The third kappa shape index (κ3) is 3.94. The van der Waals surface area contributed by atoms with Crippen LogP contribution in [0.1, 0.15) is 31.0 Å². The van der Waals surface area contributed by atoms with Crippen LogP contribution in [-0.4, -0.2) is 22.8 Å². The first-order valence-corrected chi connectivity index (χ1v) is 8.93. The highest BCUT2D eigenvalue weighted by molar-refractivity contribution is 14.1. The van der Waals surface area contributed by atoms with Crippen molar-refractivity contribution in [1.82, 2.24) is 4.98 Å². The maximum absolute atomic E-state index is 13.4. The van der Waals surface area contributed by atoms with Gasteiger partial charge in [-0.3, -0.25) is 0 Å². The van der Waals surface area contributed by atoms with Gasteiger partial charge < -0.3 is 10.8 Å². The van der Waals surface area contributed by atoms with Gasteiger partial charge in [-0.25, -0.2) is 4.98 Å². The Morgan fingerprint density at radius 2 is 1.80 bits per heavy atom. The molecule has 0 radical (unpaired) electrons. The Kier molecular flexibility index (Phi) is 6.03. The number of nitrogens with zero attached hydrogens (tertiary/aromatic N) is 1. The van der Waals surface area contributed by atoms with Crippen molar-refractivity contribution in [1.29, 1.82) is 0 Å². The standard InChI is InChI=1S/C17H17ClF3IN2O/c1-9(2)12-7-13(16(25,8-23)17(19,20)21)24-15(14(12)18)10-3-5-11(22)6-4-10/h3-7,9,25H,8,23H2,1-2H3/t16-/m1/s1. The van der Waals surface area contributed by atoms with Gasteiger partial charge in [0.15, 0.2) is 0 Å². The van der Waals surface area contributed by atoms with E-state index < -0.39 is 24.0 Å². The van der Waals surface area contributed by atoms with Gasteiger partial charge in [0, 0.05) is 15.7 Å². The van der Waals surface area contributed by atoms with Gasteiger partial charge >= 0.3 is 6.18 Å². The number of benzene rings is 1. The number of hydrogen-bond acceptors (Lipinski definition) is 3. The molecule has 0 amide bonds. The van der Waals surface area contributed by atoms with Crippen LogP contribution in [0.15, 0.2) is 30.3 Å². The van der Waals surface area contributed by atoms with E-state index in [4.69, 9.17) is 17.3 Å². The number of alkyl halides is 3. The quantitative estimate of drug-likeness (QED) is 0.611. The van der Waals surface area contributed by atoms with Crippen molar-refractivity contribution in [3.63, 3.8) is 0 Å². The van der Waals surface area contributed by atoms with E-state index in [1.165, 1.54) is 6.07 Å². The molecule has 1 aromatic heterocycles. The second kappa shape index (κ2) is 7.38. The molecule has 0 aliphatic carbocycles. The topological polar surface area (TPSA) is 59.1 Å². The van der Waals surface area contributed by atoms with Crippen molar-refractivity contribution in [3.05, 3.63) is 50.2 Å². The molecule has 2 rings (SSSR count). The number of halogens is 5. The van der Waals surface area contributed by atoms with Crippen LogP contribution in [0.2, 0.25) is 5.02 Å². The number of nitrogens with two attached hydrogens (primary N) is 1. The zero-order valence-corrected chi connectivity index (χ0v) is 16.4. The summed E-state index contributed by atoms with van der Waals surface area (Å²) in [5, 5.41) is 10.4. The lowest BCUT2D eigenvalue weighted by molar-refractivity contribution is -0.263. The molecule has 8 heteroatoms. The lowest BCUT2D eigenvalue weighted by Gasteiger charge is -2.30. The van der Waals surface area contributed by atoms with Crippen LogP contribution >= 0.6 is 34.2 Å². The normalized spacial score (nSPS) is 14.6. The summed E-state index contributed by atoms with van der Waals surface area (Å²) >= 11 is 8.52. The molecule has 1 atom stereocenters. The maximum Gasteiger partial charge on any atom is 0.424 e. The van der Waals surface area contributed by atoms with Crippen LogP contribution in [0.5, 0.6) is 0 Å². The minimum atomic E-state index is -4.96. The van der Waals surface area contributed by atoms with Crippen molar-refractivity contribution in [3.8, 4) is 11.3 Å². The van der Waals surface area contributed by atoms with E-state index in [2.05, 4.69) is 27.6 Å². The molecule has 3 N–H and O–H groups in total. The largest absolute Gasteiger partial charge is 0.424 e. The molecule has 0 spiro atoms. The van der Waals surface area contributed by atoms with E-state index in [9.17, 15) is 18.3 Å². The SMILES string of the molecule is CC(C)c1cc([C@](O)(CN)C(F)(F)F)nc(-c2ccc(I)cc2)c1Cl. The fourth-order valence-electron chi connectivity index (χ4n) is 2.35. The van der Waals surface area contributed by atoms with Crippen molar-refractivity contribution < 1.29 is 18.3 Å². The summed E-state index contributed by atoms with van der Waals surface area (Å²) in [6.07, 6.45) is -4.96. The molecule has 0 bridgehead atoms. The minimum absolute atomic E-state index is 0.160. The molecule has 136 valence electrons. The fourth-order valence-corrected chi connectivity index (χ4v) is 3.13. The summed E-state index contributed by atoms with van der Waals surface area (Å²) in [6, 6.07) is 8.23. The molecule has 1 heterocycles. The van der Waals surface area contributed by atoms with Crippen LogP contribution in [0.3, 0.4) is 0 Å². The Labute approximate surface area is 162 Å². The number of hydrogen-bond donors (Lipinski definition) is 2. The molecule has 0 fully saturated rings. The van der Waals surface area contributed by atoms with Crippen LogP contribution in [0.4, 0.5) is 13.2 Å².